The van der Waals surface area contributed by atoms with Gasteiger partial charge in [-0.1, -0.05) is 6.92 Å². The van der Waals surface area contributed by atoms with Gasteiger partial charge in [-0.05, 0) is 13.3 Å². The summed E-state index contributed by atoms with van der Waals surface area (Å²) in [4.78, 5) is 37.0. The van der Waals surface area contributed by atoms with E-state index in [0.717, 1.165) is 0 Å². The van der Waals surface area contributed by atoms with Crippen molar-refractivity contribution in [3.8, 4) is 0 Å². The van der Waals surface area contributed by atoms with Crippen molar-refractivity contribution in [3.63, 3.8) is 0 Å². The number of nitrogens with zero attached hydrogens (tertiary/aromatic N) is 1. The van der Waals surface area contributed by atoms with E-state index in [9.17, 15) is 19.5 Å². The molecule has 1 fully saturated rings. The van der Waals surface area contributed by atoms with Crippen molar-refractivity contribution in [2.45, 2.75) is 51.5 Å². The second-order valence-corrected chi connectivity index (χ2v) is 5.30. The lowest BCUT2D eigenvalue weighted by molar-refractivity contribution is -0.153. The lowest BCUT2D eigenvalue weighted by Crippen LogP contribution is -2.33. The van der Waals surface area contributed by atoms with Gasteiger partial charge in [-0.15, -0.1) is 0 Å². The van der Waals surface area contributed by atoms with Gasteiger partial charge in [-0.2, -0.15) is 0 Å². The second kappa shape index (κ2) is 6.89. The summed E-state index contributed by atoms with van der Waals surface area (Å²) < 4.78 is 12.1. The first kappa shape index (κ1) is 16.4. The summed E-state index contributed by atoms with van der Waals surface area (Å²) in [5, 5.41) is 9.35. The maximum atomic E-state index is 11.9. The molecule has 0 spiro atoms. The highest BCUT2D eigenvalue weighted by Crippen LogP contribution is 2.30. The first-order chi connectivity index (χ1) is 10.5. The van der Waals surface area contributed by atoms with E-state index in [1.807, 2.05) is 6.92 Å². The lowest BCUT2D eigenvalue weighted by Gasteiger charge is -2.16. The Morgan fingerprint density at radius 3 is 2.91 bits per heavy atom. The predicted molar refractivity (Wildman–Crippen MR) is 76.5 cm³/mol. The number of rotatable bonds is 5. The van der Waals surface area contributed by atoms with Crippen LogP contribution in [0.2, 0.25) is 0 Å². The van der Waals surface area contributed by atoms with Crippen LogP contribution in [0.15, 0.2) is 15.8 Å². The van der Waals surface area contributed by atoms with Gasteiger partial charge in [0.2, 0.25) is 0 Å². The standard InChI is InChI=1S/C14H20N2O6/c1-3-4-12(18)22-9-5-11(21-10(9)7-17)16-6-8(2)13(19)15-14(16)20/h6,9-11,17H,3-5,7H2,1-2H3,(H,15,19,20)/t9-,10+,11-/m1/s1. The number of hydrogen-bond donors (Lipinski definition) is 2. The number of H-pyrrole nitrogens is 1. The third kappa shape index (κ3) is 3.45. The lowest BCUT2D eigenvalue weighted by atomic mass is 10.2. The zero-order valence-electron chi connectivity index (χ0n) is 12.6. The van der Waals surface area contributed by atoms with Crippen LogP contribution in [0.3, 0.4) is 0 Å². The van der Waals surface area contributed by atoms with Crippen molar-refractivity contribution in [3.05, 3.63) is 32.6 Å². The van der Waals surface area contributed by atoms with Crippen molar-refractivity contribution >= 4 is 5.97 Å². The Bertz CT molecular complexity index is 649. The van der Waals surface area contributed by atoms with Crippen LogP contribution in [0.4, 0.5) is 0 Å². The average molecular weight is 312 g/mol. The van der Waals surface area contributed by atoms with Gasteiger partial charge in [0.25, 0.3) is 5.56 Å². The Hall–Kier alpha value is -1.93. The molecule has 0 aromatic carbocycles. The topological polar surface area (TPSA) is 111 Å². The quantitative estimate of drug-likeness (QED) is 0.731. The number of esters is 1. The first-order valence-electron chi connectivity index (χ1n) is 7.24. The highest BCUT2D eigenvalue weighted by molar-refractivity contribution is 5.69. The summed E-state index contributed by atoms with van der Waals surface area (Å²) in [6, 6.07) is 0. The molecule has 8 heteroatoms. The summed E-state index contributed by atoms with van der Waals surface area (Å²) in [5.74, 6) is -0.361. The molecule has 0 amide bonds. The highest BCUT2D eigenvalue weighted by atomic mass is 16.6. The van der Waals surface area contributed by atoms with Gasteiger partial charge < -0.3 is 14.6 Å². The van der Waals surface area contributed by atoms with E-state index in [1.165, 1.54) is 10.8 Å². The molecule has 0 bridgehead atoms. The molecule has 1 aliphatic rings. The SMILES string of the molecule is CCCC(=O)O[C@@H]1C[C@H](n2cc(C)c(=O)[nH]c2=O)O[C@H]1CO. The maximum Gasteiger partial charge on any atom is 0.330 e. The van der Waals surface area contributed by atoms with Crippen LogP contribution in [0.25, 0.3) is 0 Å². The van der Waals surface area contributed by atoms with Crippen molar-refractivity contribution in [1.82, 2.24) is 9.55 Å². The molecule has 0 radical (unpaired) electrons. The number of aromatic amines is 1. The third-order valence-corrected chi connectivity index (χ3v) is 3.55. The fourth-order valence-corrected chi connectivity index (χ4v) is 2.39. The van der Waals surface area contributed by atoms with Gasteiger partial charge in [-0.3, -0.25) is 19.1 Å². The number of carbonyl (C=O) groups is 1. The molecule has 3 atom stereocenters. The molecule has 22 heavy (non-hydrogen) atoms. The summed E-state index contributed by atoms with van der Waals surface area (Å²) in [6.07, 6.45) is 0.593. The van der Waals surface area contributed by atoms with Gasteiger partial charge >= 0.3 is 11.7 Å². The van der Waals surface area contributed by atoms with Crippen LogP contribution >= 0.6 is 0 Å². The summed E-state index contributed by atoms with van der Waals surface area (Å²) >= 11 is 0. The molecule has 0 saturated carbocycles. The van der Waals surface area contributed by atoms with Crippen LogP contribution in [-0.2, 0) is 14.3 Å². The summed E-state index contributed by atoms with van der Waals surface area (Å²) in [6.45, 7) is 3.12. The fourth-order valence-electron chi connectivity index (χ4n) is 2.39. The monoisotopic (exact) mass is 312 g/mol. The summed E-state index contributed by atoms with van der Waals surface area (Å²) in [5.41, 5.74) is -0.683. The molecule has 1 aliphatic heterocycles. The van der Waals surface area contributed by atoms with E-state index >= 15 is 0 Å². The highest BCUT2D eigenvalue weighted by Gasteiger charge is 2.38. The first-order valence-corrected chi connectivity index (χ1v) is 7.24. The fraction of sp³-hybridized carbons (Fsp3) is 0.643. The number of aliphatic hydroxyl groups is 1. The van der Waals surface area contributed by atoms with Crippen LogP contribution < -0.4 is 11.2 Å². The van der Waals surface area contributed by atoms with Crippen molar-refractivity contribution in [2.75, 3.05) is 6.61 Å². The van der Waals surface area contributed by atoms with Crippen LogP contribution in [0.1, 0.15) is 38.0 Å². The zero-order valence-corrected chi connectivity index (χ0v) is 12.6. The Kier molecular flexibility index (Phi) is 5.15. The number of aromatic nitrogens is 2. The van der Waals surface area contributed by atoms with E-state index in [4.69, 9.17) is 9.47 Å². The smallest absolute Gasteiger partial charge is 0.330 e. The Labute approximate surface area is 126 Å². The van der Waals surface area contributed by atoms with Crippen LogP contribution in [0.5, 0.6) is 0 Å². The number of carbonyl (C=O) groups excluding carboxylic acids is 1. The molecular weight excluding hydrogens is 292 g/mol. The molecule has 122 valence electrons. The van der Waals surface area contributed by atoms with E-state index in [1.54, 1.807) is 6.92 Å². The van der Waals surface area contributed by atoms with Gasteiger partial charge in [0, 0.05) is 24.6 Å². The Balaban J connectivity index is 2.18. The van der Waals surface area contributed by atoms with E-state index < -0.39 is 29.7 Å². The average Bonchev–Trinajstić information content (AvgIpc) is 2.85. The molecule has 2 N–H and O–H groups in total. The molecular formula is C14H20N2O6. The minimum Gasteiger partial charge on any atom is -0.459 e. The normalized spacial score (nSPS) is 24.4. The number of nitrogens with one attached hydrogen (secondary N) is 1. The van der Waals surface area contributed by atoms with E-state index in [-0.39, 0.29) is 25.4 Å². The third-order valence-electron chi connectivity index (χ3n) is 3.55. The van der Waals surface area contributed by atoms with Crippen molar-refractivity contribution in [1.29, 1.82) is 0 Å². The van der Waals surface area contributed by atoms with Gasteiger partial charge in [0.05, 0.1) is 6.61 Å². The Morgan fingerprint density at radius 1 is 1.55 bits per heavy atom. The summed E-state index contributed by atoms with van der Waals surface area (Å²) in [7, 11) is 0. The second-order valence-electron chi connectivity index (χ2n) is 5.30. The molecule has 1 aromatic heterocycles. The van der Waals surface area contributed by atoms with Gasteiger partial charge in [-0.25, -0.2) is 4.79 Å². The molecule has 2 rings (SSSR count). The zero-order chi connectivity index (χ0) is 16.3. The molecule has 1 saturated heterocycles. The van der Waals surface area contributed by atoms with Crippen molar-refractivity contribution < 1.29 is 19.4 Å². The number of aliphatic hydroxyl groups excluding tert-OH is 1. The molecule has 8 nitrogen and oxygen atoms in total. The maximum absolute atomic E-state index is 11.9. The van der Waals surface area contributed by atoms with E-state index in [0.29, 0.717) is 12.0 Å². The largest absolute Gasteiger partial charge is 0.459 e. The minimum atomic E-state index is -0.695. The molecule has 0 unspecified atom stereocenters. The number of hydrogen-bond acceptors (Lipinski definition) is 6. The van der Waals surface area contributed by atoms with Gasteiger partial charge in [0.1, 0.15) is 18.4 Å². The Morgan fingerprint density at radius 2 is 2.27 bits per heavy atom. The molecule has 2 heterocycles. The van der Waals surface area contributed by atoms with E-state index in [2.05, 4.69) is 4.98 Å². The molecule has 0 aliphatic carbocycles. The van der Waals surface area contributed by atoms with Crippen molar-refractivity contribution in [2.24, 2.45) is 0 Å². The van der Waals surface area contributed by atoms with Gasteiger partial charge in [0.15, 0.2) is 0 Å². The van der Waals surface area contributed by atoms with Crippen LogP contribution in [-0.4, -0.2) is 39.4 Å². The number of ether oxygens (including phenoxy) is 2. The minimum absolute atomic E-state index is 0.242. The number of aryl methyl sites for hydroxylation is 1. The molecule has 1 aromatic rings. The predicted octanol–water partition coefficient (Wildman–Crippen LogP) is -0.163. The van der Waals surface area contributed by atoms with Crippen LogP contribution in [0, 0.1) is 6.92 Å².